The molecule has 0 saturated heterocycles. The quantitative estimate of drug-likeness (QED) is 0.829. The molecule has 21 heavy (non-hydrogen) atoms. The summed E-state index contributed by atoms with van der Waals surface area (Å²) in [4.78, 5) is 2.50. The average molecular weight is 284 g/mol. The van der Waals surface area contributed by atoms with Gasteiger partial charge in [-0.3, -0.25) is 9.58 Å². The molecule has 0 atom stereocenters. The maximum Gasteiger partial charge on any atom is 0.0765 e. The van der Waals surface area contributed by atoms with Crippen molar-refractivity contribution in [2.75, 3.05) is 5.73 Å². The lowest BCUT2D eigenvalue weighted by Crippen LogP contribution is -2.26. The van der Waals surface area contributed by atoms with Crippen molar-refractivity contribution >= 4 is 5.69 Å². The van der Waals surface area contributed by atoms with E-state index in [0.29, 0.717) is 12.1 Å². The van der Waals surface area contributed by atoms with E-state index in [-0.39, 0.29) is 0 Å². The highest BCUT2D eigenvalue weighted by molar-refractivity contribution is 5.46. The molecule has 1 aliphatic rings. The molecule has 2 aromatic rings. The molecule has 0 bridgehead atoms. The molecule has 1 saturated carbocycles. The standard InChI is InChI=1S/C17H24N4/c1-13(2)21-10-9-15(19-21)12-20(16-7-8-16)11-14-5-3-4-6-17(14)18/h3-6,9-10,13,16H,7-8,11-12,18H2,1-2H3. The van der Waals surface area contributed by atoms with Gasteiger partial charge in [0.05, 0.1) is 5.69 Å². The number of para-hydroxylation sites is 1. The summed E-state index contributed by atoms with van der Waals surface area (Å²) in [5, 5.41) is 4.67. The first-order valence-corrected chi connectivity index (χ1v) is 7.75. The Hall–Kier alpha value is -1.81. The fraction of sp³-hybridized carbons (Fsp3) is 0.471. The van der Waals surface area contributed by atoms with Crippen LogP contribution in [0.4, 0.5) is 5.69 Å². The van der Waals surface area contributed by atoms with Crippen molar-refractivity contribution in [1.29, 1.82) is 0 Å². The van der Waals surface area contributed by atoms with Gasteiger partial charge in [-0.15, -0.1) is 0 Å². The molecule has 0 aliphatic heterocycles. The van der Waals surface area contributed by atoms with Crippen LogP contribution in [0.3, 0.4) is 0 Å². The van der Waals surface area contributed by atoms with Crippen molar-refractivity contribution in [2.24, 2.45) is 0 Å². The molecule has 4 nitrogen and oxygen atoms in total. The van der Waals surface area contributed by atoms with Crippen LogP contribution in [0.25, 0.3) is 0 Å². The van der Waals surface area contributed by atoms with E-state index in [1.54, 1.807) is 0 Å². The fourth-order valence-corrected chi connectivity index (χ4v) is 2.61. The van der Waals surface area contributed by atoms with Gasteiger partial charge in [0, 0.05) is 37.1 Å². The second-order valence-corrected chi connectivity index (χ2v) is 6.22. The fourth-order valence-electron chi connectivity index (χ4n) is 2.61. The van der Waals surface area contributed by atoms with Gasteiger partial charge in [-0.1, -0.05) is 18.2 Å². The molecule has 1 aliphatic carbocycles. The summed E-state index contributed by atoms with van der Waals surface area (Å²) in [5.41, 5.74) is 9.32. The Balaban J connectivity index is 1.71. The Labute approximate surface area is 126 Å². The zero-order valence-corrected chi connectivity index (χ0v) is 12.9. The number of anilines is 1. The highest BCUT2D eigenvalue weighted by atomic mass is 15.3. The molecule has 1 fully saturated rings. The van der Waals surface area contributed by atoms with E-state index in [4.69, 9.17) is 5.73 Å². The molecular formula is C17H24N4. The first kappa shape index (κ1) is 14.1. The number of nitrogens with two attached hydrogens (primary N) is 1. The number of nitrogen functional groups attached to an aromatic ring is 1. The average Bonchev–Trinajstić information content (AvgIpc) is 3.20. The van der Waals surface area contributed by atoms with Crippen molar-refractivity contribution in [1.82, 2.24) is 14.7 Å². The first-order valence-electron chi connectivity index (χ1n) is 7.75. The van der Waals surface area contributed by atoms with Crippen molar-refractivity contribution in [3.05, 3.63) is 47.8 Å². The van der Waals surface area contributed by atoms with Gasteiger partial charge in [-0.25, -0.2) is 0 Å². The van der Waals surface area contributed by atoms with Gasteiger partial charge < -0.3 is 5.73 Å². The molecule has 1 heterocycles. The van der Waals surface area contributed by atoms with E-state index in [9.17, 15) is 0 Å². The summed E-state index contributed by atoms with van der Waals surface area (Å²) in [5.74, 6) is 0. The van der Waals surface area contributed by atoms with Gasteiger partial charge in [0.1, 0.15) is 0 Å². The predicted molar refractivity (Wildman–Crippen MR) is 85.7 cm³/mol. The maximum absolute atomic E-state index is 6.08. The second-order valence-electron chi connectivity index (χ2n) is 6.22. The minimum absolute atomic E-state index is 0.415. The summed E-state index contributed by atoms with van der Waals surface area (Å²) in [6.07, 6.45) is 4.65. The predicted octanol–water partition coefficient (Wildman–Crippen LogP) is 3.21. The van der Waals surface area contributed by atoms with Crippen molar-refractivity contribution < 1.29 is 0 Å². The van der Waals surface area contributed by atoms with Crippen LogP contribution in [0.15, 0.2) is 36.5 Å². The van der Waals surface area contributed by atoms with Crippen molar-refractivity contribution in [2.45, 2.75) is 51.9 Å². The number of hydrogen-bond acceptors (Lipinski definition) is 3. The summed E-state index contributed by atoms with van der Waals surface area (Å²) >= 11 is 0. The van der Waals surface area contributed by atoms with Gasteiger partial charge in [-0.05, 0) is 44.4 Å². The third-order valence-corrected chi connectivity index (χ3v) is 4.05. The van der Waals surface area contributed by atoms with E-state index in [2.05, 4.69) is 48.2 Å². The second kappa shape index (κ2) is 5.90. The Bertz CT molecular complexity index is 598. The van der Waals surface area contributed by atoms with E-state index < -0.39 is 0 Å². The van der Waals surface area contributed by atoms with Gasteiger partial charge >= 0.3 is 0 Å². The van der Waals surface area contributed by atoms with Gasteiger partial charge in [0.25, 0.3) is 0 Å². The minimum Gasteiger partial charge on any atom is -0.398 e. The van der Waals surface area contributed by atoms with E-state index >= 15 is 0 Å². The summed E-state index contributed by atoms with van der Waals surface area (Å²) in [7, 11) is 0. The number of rotatable bonds is 6. The summed E-state index contributed by atoms with van der Waals surface area (Å²) in [6.45, 7) is 6.12. The SMILES string of the molecule is CC(C)n1ccc(CN(Cc2ccccc2N)C2CC2)n1. The highest BCUT2D eigenvalue weighted by Gasteiger charge is 2.29. The van der Waals surface area contributed by atoms with E-state index in [0.717, 1.165) is 24.5 Å². The van der Waals surface area contributed by atoms with Crippen LogP contribution >= 0.6 is 0 Å². The smallest absolute Gasteiger partial charge is 0.0765 e. The number of nitrogens with zero attached hydrogens (tertiary/aromatic N) is 3. The van der Waals surface area contributed by atoms with Crippen LogP contribution in [-0.4, -0.2) is 20.7 Å². The normalized spacial score (nSPS) is 15.0. The Morgan fingerprint density at radius 3 is 2.62 bits per heavy atom. The molecule has 1 aromatic heterocycles. The van der Waals surface area contributed by atoms with Crippen LogP contribution in [0.2, 0.25) is 0 Å². The number of hydrogen-bond donors (Lipinski definition) is 1. The highest BCUT2D eigenvalue weighted by Crippen LogP contribution is 2.30. The van der Waals surface area contributed by atoms with Crippen molar-refractivity contribution in [3.63, 3.8) is 0 Å². The number of aromatic nitrogens is 2. The summed E-state index contributed by atoms with van der Waals surface area (Å²) in [6, 6.07) is 11.4. The molecule has 1 aromatic carbocycles. The van der Waals surface area contributed by atoms with E-state index in [1.165, 1.54) is 18.4 Å². The molecule has 3 rings (SSSR count). The molecule has 0 amide bonds. The van der Waals surface area contributed by atoms with E-state index in [1.807, 2.05) is 16.8 Å². The molecule has 2 N–H and O–H groups in total. The van der Waals surface area contributed by atoms with Crippen molar-refractivity contribution in [3.8, 4) is 0 Å². The lowest BCUT2D eigenvalue weighted by Gasteiger charge is -2.22. The molecule has 0 spiro atoms. The minimum atomic E-state index is 0.415. The monoisotopic (exact) mass is 284 g/mol. The Morgan fingerprint density at radius 1 is 1.24 bits per heavy atom. The Kier molecular flexibility index (Phi) is 3.97. The van der Waals surface area contributed by atoms with Gasteiger partial charge in [0.2, 0.25) is 0 Å². The lowest BCUT2D eigenvalue weighted by molar-refractivity contribution is 0.242. The lowest BCUT2D eigenvalue weighted by atomic mass is 10.1. The first-order chi connectivity index (χ1) is 10.1. The van der Waals surface area contributed by atoms with Crippen LogP contribution in [0.1, 0.15) is 44.0 Å². The summed E-state index contributed by atoms with van der Waals surface area (Å²) < 4.78 is 2.03. The molecular weight excluding hydrogens is 260 g/mol. The third kappa shape index (κ3) is 3.45. The zero-order chi connectivity index (χ0) is 14.8. The topological polar surface area (TPSA) is 47.1 Å². The van der Waals surface area contributed by atoms with Crippen LogP contribution < -0.4 is 5.73 Å². The van der Waals surface area contributed by atoms with Crippen LogP contribution in [0.5, 0.6) is 0 Å². The molecule has 112 valence electrons. The largest absolute Gasteiger partial charge is 0.398 e. The zero-order valence-electron chi connectivity index (χ0n) is 12.9. The third-order valence-electron chi connectivity index (χ3n) is 4.05. The van der Waals surface area contributed by atoms with Gasteiger partial charge in [-0.2, -0.15) is 5.10 Å². The molecule has 0 unspecified atom stereocenters. The Morgan fingerprint density at radius 2 is 2.00 bits per heavy atom. The van der Waals surface area contributed by atoms with Crippen LogP contribution in [0, 0.1) is 0 Å². The maximum atomic E-state index is 6.08. The molecule has 4 heteroatoms. The molecule has 0 radical (unpaired) electrons. The van der Waals surface area contributed by atoms with Crippen LogP contribution in [-0.2, 0) is 13.1 Å². The number of benzene rings is 1. The van der Waals surface area contributed by atoms with Gasteiger partial charge in [0.15, 0.2) is 0 Å².